The minimum absolute atomic E-state index is 0.346. The molecule has 0 radical (unpaired) electrons. The van der Waals surface area contributed by atoms with Crippen molar-refractivity contribution in [2.75, 3.05) is 18.4 Å². The Hall–Kier alpha value is -2.00. The first kappa shape index (κ1) is 13.0. The number of ether oxygens (including phenoxy) is 1. The Morgan fingerprint density at radius 1 is 0.950 bits per heavy atom. The van der Waals surface area contributed by atoms with Gasteiger partial charge in [-0.15, -0.1) is 0 Å². The SMILES string of the molecule is NCC1(CNc2ccc(Oc3ccccc3)cc2)CC1. The largest absolute Gasteiger partial charge is 0.457 e. The molecule has 20 heavy (non-hydrogen) atoms. The Bertz CT molecular complexity index is 547. The molecule has 3 heteroatoms. The molecule has 0 amide bonds. The summed E-state index contributed by atoms with van der Waals surface area (Å²) in [6, 6.07) is 17.9. The summed E-state index contributed by atoms with van der Waals surface area (Å²) in [5.74, 6) is 1.70. The summed E-state index contributed by atoms with van der Waals surface area (Å²) in [5, 5.41) is 3.45. The standard InChI is InChI=1S/C17H20N2O/c18-12-17(10-11-17)13-19-14-6-8-16(9-7-14)20-15-4-2-1-3-5-15/h1-9,19H,10-13,18H2. The van der Waals surface area contributed by atoms with Gasteiger partial charge in [0.25, 0.3) is 0 Å². The molecule has 1 aliphatic rings. The van der Waals surface area contributed by atoms with E-state index < -0.39 is 0 Å². The zero-order chi connectivity index (χ0) is 13.8. The van der Waals surface area contributed by atoms with Crippen molar-refractivity contribution in [2.24, 2.45) is 11.1 Å². The molecule has 2 aromatic carbocycles. The number of rotatable bonds is 6. The molecule has 0 unspecified atom stereocenters. The van der Waals surface area contributed by atoms with Crippen molar-refractivity contribution in [3.8, 4) is 11.5 Å². The van der Waals surface area contributed by atoms with Gasteiger partial charge in [0.1, 0.15) is 11.5 Å². The van der Waals surface area contributed by atoms with Crippen LogP contribution in [0.4, 0.5) is 5.69 Å². The van der Waals surface area contributed by atoms with Crippen LogP contribution in [0.5, 0.6) is 11.5 Å². The van der Waals surface area contributed by atoms with Crippen molar-refractivity contribution in [3.63, 3.8) is 0 Å². The number of benzene rings is 2. The first-order valence-corrected chi connectivity index (χ1v) is 7.07. The van der Waals surface area contributed by atoms with Gasteiger partial charge in [-0.1, -0.05) is 18.2 Å². The van der Waals surface area contributed by atoms with E-state index in [1.54, 1.807) is 0 Å². The van der Waals surface area contributed by atoms with Crippen LogP contribution in [0.2, 0.25) is 0 Å². The van der Waals surface area contributed by atoms with Gasteiger partial charge < -0.3 is 15.8 Å². The third kappa shape index (κ3) is 3.11. The van der Waals surface area contributed by atoms with E-state index in [1.807, 2.05) is 54.6 Å². The monoisotopic (exact) mass is 268 g/mol. The lowest BCUT2D eigenvalue weighted by atomic mass is 10.1. The zero-order valence-corrected chi connectivity index (χ0v) is 11.5. The average molecular weight is 268 g/mol. The molecule has 0 aromatic heterocycles. The van der Waals surface area contributed by atoms with Gasteiger partial charge >= 0.3 is 0 Å². The molecular weight excluding hydrogens is 248 g/mol. The van der Waals surface area contributed by atoms with Crippen LogP contribution in [-0.4, -0.2) is 13.1 Å². The highest BCUT2D eigenvalue weighted by atomic mass is 16.5. The summed E-state index contributed by atoms with van der Waals surface area (Å²) in [7, 11) is 0. The second-order valence-electron chi connectivity index (χ2n) is 5.50. The Balaban J connectivity index is 1.57. The topological polar surface area (TPSA) is 47.3 Å². The van der Waals surface area contributed by atoms with Crippen LogP contribution in [0.1, 0.15) is 12.8 Å². The van der Waals surface area contributed by atoms with E-state index in [2.05, 4.69) is 5.32 Å². The molecule has 0 heterocycles. The number of hydrogen-bond acceptors (Lipinski definition) is 3. The van der Waals surface area contributed by atoms with Crippen molar-refractivity contribution in [3.05, 3.63) is 54.6 Å². The minimum atomic E-state index is 0.346. The minimum Gasteiger partial charge on any atom is -0.457 e. The van der Waals surface area contributed by atoms with E-state index in [1.165, 1.54) is 12.8 Å². The van der Waals surface area contributed by atoms with Crippen LogP contribution >= 0.6 is 0 Å². The highest BCUT2D eigenvalue weighted by Crippen LogP contribution is 2.44. The molecule has 0 aliphatic heterocycles. The molecule has 0 saturated heterocycles. The number of nitrogens with one attached hydrogen (secondary N) is 1. The van der Waals surface area contributed by atoms with Crippen LogP contribution in [-0.2, 0) is 0 Å². The smallest absolute Gasteiger partial charge is 0.127 e. The summed E-state index contributed by atoms with van der Waals surface area (Å²) in [5.41, 5.74) is 7.25. The van der Waals surface area contributed by atoms with Gasteiger partial charge in [-0.3, -0.25) is 0 Å². The fourth-order valence-corrected chi connectivity index (χ4v) is 2.18. The van der Waals surface area contributed by atoms with Crippen LogP contribution in [0.15, 0.2) is 54.6 Å². The second-order valence-corrected chi connectivity index (χ2v) is 5.50. The lowest BCUT2D eigenvalue weighted by Gasteiger charge is -2.14. The van der Waals surface area contributed by atoms with Crippen molar-refractivity contribution in [1.82, 2.24) is 0 Å². The van der Waals surface area contributed by atoms with Crippen molar-refractivity contribution >= 4 is 5.69 Å². The number of anilines is 1. The fourth-order valence-electron chi connectivity index (χ4n) is 2.18. The molecule has 1 aliphatic carbocycles. The molecule has 3 nitrogen and oxygen atoms in total. The van der Waals surface area contributed by atoms with E-state index in [-0.39, 0.29) is 0 Å². The van der Waals surface area contributed by atoms with Gasteiger partial charge in [0, 0.05) is 12.2 Å². The van der Waals surface area contributed by atoms with E-state index in [9.17, 15) is 0 Å². The Kier molecular flexibility index (Phi) is 3.61. The molecule has 1 fully saturated rings. The molecule has 1 saturated carbocycles. The third-order valence-corrected chi connectivity index (χ3v) is 3.89. The maximum absolute atomic E-state index is 5.78. The summed E-state index contributed by atoms with van der Waals surface area (Å²) in [6.07, 6.45) is 2.48. The zero-order valence-electron chi connectivity index (χ0n) is 11.5. The highest BCUT2D eigenvalue weighted by molar-refractivity contribution is 5.47. The maximum atomic E-state index is 5.78. The van der Waals surface area contributed by atoms with Gasteiger partial charge in [0.05, 0.1) is 0 Å². The predicted molar refractivity (Wildman–Crippen MR) is 82.2 cm³/mol. The number of nitrogens with two attached hydrogens (primary N) is 1. The van der Waals surface area contributed by atoms with E-state index in [0.29, 0.717) is 5.41 Å². The Labute approximate surface area is 119 Å². The molecule has 104 valence electrons. The summed E-state index contributed by atoms with van der Waals surface area (Å²) in [4.78, 5) is 0. The van der Waals surface area contributed by atoms with Gasteiger partial charge in [-0.05, 0) is 61.2 Å². The molecule has 2 aromatic rings. The first-order valence-electron chi connectivity index (χ1n) is 7.07. The summed E-state index contributed by atoms with van der Waals surface area (Å²) in [6.45, 7) is 1.73. The van der Waals surface area contributed by atoms with E-state index >= 15 is 0 Å². The summed E-state index contributed by atoms with van der Waals surface area (Å²) >= 11 is 0. The van der Waals surface area contributed by atoms with Crippen molar-refractivity contribution in [2.45, 2.75) is 12.8 Å². The van der Waals surface area contributed by atoms with Crippen LogP contribution in [0, 0.1) is 5.41 Å². The molecule has 0 spiro atoms. The fraction of sp³-hybridized carbons (Fsp3) is 0.294. The molecule has 3 rings (SSSR count). The molecular formula is C17H20N2O. The average Bonchev–Trinajstić information content (AvgIpc) is 3.28. The highest BCUT2D eigenvalue weighted by Gasteiger charge is 2.40. The van der Waals surface area contributed by atoms with Gasteiger partial charge in [-0.25, -0.2) is 0 Å². The molecule has 0 atom stereocenters. The molecule has 3 N–H and O–H groups in total. The number of hydrogen-bond donors (Lipinski definition) is 2. The predicted octanol–water partition coefficient (Wildman–Crippen LogP) is 3.63. The van der Waals surface area contributed by atoms with E-state index in [4.69, 9.17) is 10.5 Å². The van der Waals surface area contributed by atoms with Crippen molar-refractivity contribution < 1.29 is 4.74 Å². The Morgan fingerprint density at radius 2 is 1.60 bits per heavy atom. The third-order valence-electron chi connectivity index (χ3n) is 3.89. The van der Waals surface area contributed by atoms with Gasteiger partial charge in [0.2, 0.25) is 0 Å². The quantitative estimate of drug-likeness (QED) is 0.841. The maximum Gasteiger partial charge on any atom is 0.127 e. The lowest BCUT2D eigenvalue weighted by Crippen LogP contribution is -2.24. The van der Waals surface area contributed by atoms with Crippen LogP contribution in [0.25, 0.3) is 0 Å². The Morgan fingerprint density at radius 3 is 2.20 bits per heavy atom. The molecule has 0 bridgehead atoms. The summed E-state index contributed by atoms with van der Waals surface area (Å²) < 4.78 is 5.76. The lowest BCUT2D eigenvalue weighted by molar-refractivity contribution is 0.482. The first-order chi connectivity index (χ1) is 9.80. The normalized spacial score (nSPS) is 15.7. The van der Waals surface area contributed by atoms with Crippen LogP contribution in [0.3, 0.4) is 0 Å². The van der Waals surface area contributed by atoms with Crippen LogP contribution < -0.4 is 15.8 Å². The van der Waals surface area contributed by atoms with E-state index in [0.717, 1.165) is 30.3 Å². The number of para-hydroxylation sites is 1. The van der Waals surface area contributed by atoms with Crippen molar-refractivity contribution in [1.29, 1.82) is 0 Å². The second kappa shape index (κ2) is 5.55. The van der Waals surface area contributed by atoms with Gasteiger partial charge in [0.15, 0.2) is 0 Å². The van der Waals surface area contributed by atoms with Gasteiger partial charge in [-0.2, -0.15) is 0 Å².